The molecule has 30 heavy (non-hydrogen) atoms. The van der Waals surface area contributed by atoms with Gasteiger partial charge < -0.3 is 14.4 Å². The van der Waals surface area contributed by atoms with Crippen LogP contribution in [-0.2, 0) is 5.60 Å². The molecule has 6 nitrogen and oxygen atoms in total. The molecule has 0 amide bonds. The van der Waals surface area contributed by atoms with Crippen molar-refractivity contribution in [3.63, 3.8) is 0 Å². The maximum absolute atomic E-state index is 13.4. The van der Waals surface area contributed by atoms with Crippen molar-refractivity contribution in [3.05, 3.63) is 82.0 Å². The van der Waals surface area contributed by atoms with Gasteiger partial charge in [-0.2, -0.15) is 9.78 Å². The summed E-state index contributed by atoms with van der Waals surface area (Å²) < 4.78 is 8.81. The fourth-order valence-corrected chi connectivity index (χ4v) is 3.89. The number of benzene rings is 2. The average Bonchev–Trinajstić information content (AvgIpc) is 2.98. The third kappa shape index (κ3) is 3.19. The molecular weight excluding hydrogens is 378 g/mol. The Labute approximate surface area is 175 Å². The van der Waals surface area contributed by atoms with Gasteiger partial charge in [0, 0.05) is 28.5 Å². The molecule has 0 aliphatic carbocycles. The Morgan fingerprint density at radius 3 is 2.33 bits per heavy atom. The van der Waals surface area contributed by atoms with Crippen LogP contribution in [0, 0.1) is 13.8 Å². The Bertz CT molecular complexity index is 1290. The molecule has 2 aromatic heterocycles. The predicted octanol–water partition coefficient (Wildman–Crippen LogP) is 4.03. The molecule has 4 rings (SSSR count). The molecule has 0 unspecified atom stereocenters. The topological polar surface area (TPSA) is 69.3 Å². The van der Waals surface area contributed by atoms with Gasteiger partial charge >= 0.3 is 0 Å². The zero-order valence-corrected chi connectivity index (χ0v) is 17.8. The van der Waals surface area contributed by atoms with Gasteiger partial charge in [0.15, 0.2) is 0 Å². The van der Waals surface area contributed by atoms with Crippen LogP contribution in [0.3, 0.4) is 0 Å². The Morgan fingerprint density at radius 2 is 1.70 bits per heavy atom. The monoisotopic (exact) mass is 403 g/mol. The molecule has 4 aromatic rings. The number of aromatic nitrogens is 3. The minimum absolute atomic E-state index is 0.175. The van der Waals surface area contributed by atoms with Crippen LogP contribution in [0.4, 0.5) is 0 Å². The summed E-state index contributed by atoms with van der Waals surface area (Å²) in [5.74, 6) is 0.756. The van der Waals surface area contributed by atoms with Crippen LogP contribution in [0.25, 0.3) is 22.1 Å². The summed E-state index contributed by atoms with van der Waals surface area (Å²) in [6.45, 7) is 7.38. The summed E-state index contributed by atoms with van der Waals surface area (Å²) in [4.78, 5) is 13.4. The SMILES string of the molecule is COc1cccc(-n2c(C)c3cnn(-c4ccc(C(C)(C)O)cc4)c(=O)c3c2C)c1. The van der Waals surface area contributed by atoms with E-state index in [0.717, 1.165) is 33.8 Å². The van der Waals surface area contributed by atoms with Crippen molar-refractivity contribution < 1.29 is 9.84 Å². The van der Waals surface area contributed by atoms with E-state index in [-0.39, 0.29) is 5.56 Å². The summed E-state index contributed by atoms with van der Waals surface area (Å²) >= 11 is 0. The maximum Gasteiger partial charge on any atom is 0.281 e. The van der Waals surface area contributed by atoms with Crippen molar-refractivity contribution in [3.8, 4) is 17.1 Å². The molecule has 154 valence electrons. The van der Waals surface area contributed by atoms with E-state index in [1.165, 1.54) is 4.68 Å². The first-order valence-corrected chi connectivity index (χ1v) is 9.80. The highest BCUT2D eigenvalue weighted by Crippen LogP contribution is 2.28. The minimum Gasteiger partial charge on any atom is -0.497 e. The standard InChI is InChI=1S/C24H25N3O3/c1-15-21-14-25-27(18-11-9-17(10-12-18)24(3,4)29)23(28)22(21)16(2)26(15)19-7-6-8-20(13-19)30-5/h6-14,29H,1-5H3. The number of aliphatic hydroxyl groups is 1. The second kappa shape index (κ2) is 7.15. The number of aryl methyl sites for hydroxylation is 2. The number of fused-ring (bicyclic) bond motifs is 1. The second-order valence-corrected chi connectivity index (χ2v) is 7.96. The van der Waals surface area contributed by atoms with Gasteiger partial charge in [-0.1, -0.05) is 18.2 Å². The van der Waals surface area contributed by atoms with Crippen LogP contribution in [0.2, 0.25) is 0 Å². The lowest BCUT2D eigenvalue weighted by Crippen LogP contribution is -2.21. The first-order chi connectivity index (χ1) is 14.2. The van der Waals surface area contributed by atoms with Gasteiger partial charge in [-0.15, -0.1) is 0 Å². The van der Waals surface area contributed by atoms with Crippen LogP contribution in [-0.4, -0.2) is 26.6 Å². The Morgan fingerprint density at radius 1 is 1.00 bits per heavy atom. The van der Waals surface area contributed by atoms with Crippen LogP contribution in [0.1, 0.15) is 30.8 Å². The van der Waals surface area contributed by atoms with E-state index in [0.29, 0.717) is 11.1 Å². The molecule has 2 aromatic carbocycles. The van der Waals surface area contributed by atoms with Crippen LogP contribution < -0.4 is 10.3 Å². The lowest BCUT2D eigenvalue weighted by Gasteiger charge is -2.18. The molecule has 0 aliphatic rings. The summed E-state index contributed by atoms with van der Waals surface area (Å²) in [6.07, 6.45) is 1.74. The first kappa shape index (κ1) is 19.9. The van der Waals surface area contributed by atoms with Gasteiger partial charge in [-0.25, -0.2) is 0 Å². The van der Waals surface area contributed by atoms with Gasteiger partial charge in [0.05, 0.1) is 30.0 Å². The van der Waals surface area contributed by atoms with E-state index < -0.39 is 5.60 Å². The van der Waals surface area contributed by atoms with Crippen LogP contribution in [0.15, 0.2) is 59.5 Å². The quantitative estimate of drug-likeness (QED) is 0.559. The van der Waals surface area contributed by atoms with Crippen molar-refractivity contribution in [2.75, 3.05) is 7.11 Å². The molecule has 0 bridgehead atoms. The predicted molar refractivity (Wildman–Crippen MR) is 118 cm³/mol. The normalized spacial score (nSPS) is 11.8. The number of nitrogens with zero attached hydrogens (tertiary/aromatic N) is 3. The molecule has 6 heteroatoms. The smallest absolute Gasteiger partial charge is 0.281 e. The maximum atomic E-state index is 13.4. The van der Waals surface area contributed by atoms with E-state index in [1.807, 2.05) is 50.2 Å². The molecule has 0 saturated heterocycles. The number of hydrogen-bond acceptors (Lipinski definition) is 4. The Hall–Kier alpha value is -3.38. The van der Waals surface area contributed by atoms with Gasteiger partial charge in [0.25, 0.3) is 5.56 Å². The Kier molecular flexibility index (Phi) is 4.74. The summed E-state index contributed by atoms with van der Waals surface area (Å²) in [5.41, 5.74) is 3.04. The zero-order chi connectivity index (χ0) is 21.6. The number of ether oxygens (including phenoxy) is 1. The molecule has 0 fully saturated rings. The fourth-order valence-electron chi connectivity index (χ4n) is 3.89. The van der Waals surface area contributed by atoms with Crippen molar-refractivity contribution in [2.24, 2.45) is 0 Å². The molecule has 2 heterocycles. The van der Waals surface area contributed by atoms with E-state index in [4.69, 9.17) is 4.74 Å². The van der Waals surface area contributed by atoms with Crippen LogP contribution >= 0.6 is 0 Å². The third-order valence-corrected chi connectivity index (χ3v) is 5.53. The highest BCUT2D eigenvalue weighted by Gasteiger charge is 2.19. The molecule has 0 aliphatic heterocycles. The van der Waals surface area contributed by atoms with E-state index >= 15 is 0 Å². The van der Waals surface area contributed by atoms with E-state index in [2.05, 4.69) is 9.67 Å². The lowest BCUT2D eigenvalue weighted by molar-refractivity contribution is 0.0786. The largest absolute Gasteiger partial charge is 0.497 e. The molecule has 0 saturated carbocycles. The third-order valence-electron chi connectivity index (χ3n) is 5.53. The van der Waals surface area contributed by atoms with Crippen molar-refractivity contribution in [2.45, 2.75) is 33.3 Å². The molecule has 0 radical (unpaired) electrons. The number of methoxy groups -OCH3 is 1. The average molecular weight is 403 g/mol. The zero-order valence-electron chi connectivity index (χ0n) is 17.8. The van der Waals surface area contributed by atoms with E-state index in [9.17, 15) is 9.90 Å². The lowest BCUT2D eigenvalue weighted by atomic mass is 9.98. The highest BCUT2D eigenvalue weighted by molar-refractivity contribution is 5.88. The molecule has 1 N–H and O–H groups in total. The van der Waals surface area contributed by atoms with Gasteiger partial charge in [-0.05, 0) is 57.5 Å². The van der Waals surface area contributed by atoms with Gasteiger partial charge in [-0.3, -0.25) is 4.79 Å². The number of rotatable bonds is 4. The van der Waals surface area contributed by atoms with Gasteiger partial charge in [0.2, 0.25) is 0 Å². The first-order valence-electron chi connectivity index (χ1n) is 9.80. The molecule has 0 spiro atoms. The second-order valence-electron chi connectivity index (χ2n) is 7.96. The van der Waals surface area contributed by atoms with Crippen molar-refractivity contribution in [1.29, 1.82) is 0 Å². The summed E-state index contributed by atoms with van der Waals surface area (Å²) in [6, 6.07) is 15.0. The van der Waals surface area contributed by atoms with Gasteiger partial charge in [0.1, 0.15) is 5.75 Å². The van der Waals surface area contributed by atoms with E-state index in [1.54, 1.807) is 39.3 Å². The Balaban J connectivity index is 1.89. The number of hydrogen-bond donors (Lipinski definition) is 1. The van der Waals surface area contributed by atoms with Crippen molar-refractivity contribution >= 4 is 10.8 Å². The molecular formula is C24H25N3O3. The minimum atomic E-state index is -0.942. The summed E-state index contributed by atoms with van der Waals surface area (Å²) in [7, 11) is 1.64. The fraction of sp³-hybridized carbons (Fsp3) is 0.250. The highest BCUT2D eigenvalue weighted by atomic mass is 16.5. The summed E-state index contributed by atoms with van der Waals surface area (Å²) in [5, 5.41) is 16.0. The van der Waals surface area contributed by atoms with Crippen molar-refractivity contribution in [1.82, 2.24) is 14.3 Å². The molecule has 0 atom stereocenters. The van der Waals surface area contributed by atoms with Crippen LogP contribution in [0.5, 0.6) is 5.75 Å².